The molecule has 3 aromatic rings. The van der Waals surface area contributed by atoms with Crippen LogP contribution in [0.4, 0.5) is 5.69 Å². The van der Waals surface area contributed by atoms with E-state index in [1.54, 1.807) is 18.2 Å². The first-order valence-electron chi connectivity index (χ1n) is 8.05. The molecule has 6 heteroatoms. The summed E-state index contributed by atoms with van der Waals surface area (Å²) in [5.74, 6) is 2.52. The molecule has 0 aliphatic rings. The summed E-state index contributed by atoms with van der Waals surface area (Å²) in [5, 5.41) is 20.3. The molecule has 126 valence electrons. The van der Waals surface area contributed by atoms with Crippen LogP contribution in [0.5, 0.6) is 11.5 Å². The topological polar surface area (TPSA) is 84.0 Å². The fourth-order valence-electron chi connectivity index (χ4n) is 2.28. The molecule has 0 radical (unpaired) electrons. The Kier molecular flexibility index (Phi) is 4.95. The van der Waals surface area contributed by atoms with Crippen LogP contribution in [0.1, 0.15) is 37.2 Å². The summed E-state index contributed by atoms with van der Waals surface area (Å²) in [6.45, 7) is 3.94. The van der Waals surface area contributed by atoms with Crippen LogP contribution in [0.2, 0.25) is 0 Å². The monoisotopic (exact) mass is 334 g/mol. The zero-order chi connectivity index (χ0) is 17.6. The second-order valence-electron chi connectivity index (χ2n) is 5.52. The van der Waals surface area contributed by atoms with E-state index in [2.05, 4.69) is 21.6 Å². The van der Waals surface area contributed by atoms with E-state index < -0.39 is 0 Å². The first kappa shape index (κ1) is 16.5. The van der Waals surface area contributed by atoms with Crippen LogP contribution in [0.25, 0.3) is 0 Å². The highest BCUT2D eigenvalue weighted by atomic mass is 16.5. The van der Waals surface area contributed by atoms with E-state index in [1.807, 2.05) is 44.2 Å². The molecule has 0 fully saturated rings. The summed E-state index contributed by atoms with van der Waals surface area (Å²) in [5.41, 5.74) is 1.48. The average Bonchev–Trinajstić information content (AvgIpc) is 3.13. The highest BCUT2D eigenvalue weighted by Gasteiger charge is 2.13. The number of aromatic nitrogens is 2. The molecule has 0 bridgehead atoms. The van der Waals surface area contributed by atoms with Gasteiger partial charge in [0.15, 0.2) is 0 Å². The lowest BCUT2D eigenvalue weighted by Gasteiger charge is -2.12. The smallest absolute Gasteiger partial charge is 0.238 e. The Balaban J connectivity index is 1.64. The SMILES string of the molecule is CCc1nnc(C(C)Nc2ccc(Oc3cccc(C#N)c3)cc2)o1. The van der Waals surface area contributed by atoms with Crippen molar-refractivity contribution in [1.29, 1.82) is 5.26 Å². The van der Waals surface area contributed by atoms with Gasteiger partial charge in [-0.25, -0.2) is 0 Å². The molecule has 1 unspecified atom stereocenters. The molecule has 1 aromatic heterocycles. The van der Waals surface area contributed by atoms with Gasteiger partial charge in [0.1, 0.15) is 17.5 Å². The van der Waals surface area contributed by atoms with Crippen molar-refractivity contribution >= 4 is 5.69 Å². The van der Waals surface area contributed by atoms with Gasteiger partial charge in [-0.1, -0.05) is 13.0 Å². The van der Waals surface area contributed by atoms with Gasteiger partial charge in [-0.05, 0) is 49.4 Å². The van der Waals surface area contributed by atoms with Gasteiger partial charge in [-0.3, -0.25) is 0 Å². The molecule has 3 rings (SSSR count). The van der Waals surface area contributed by atoms with Gasteiger partial charge in [0.05, 0.1) is 11.6 Å². The predicted octanol–water partition coefficient (Wildman–Crippen LogP) is 4.47. The maximum atomic E-state index is 8.93. The van der Waals surface area contributed by atoms with Crippen molar-refractivity contribution in [3.8, 4) is 17.6 Å². The maximum absolute atomic E-state index is 8.93. The number of aryl methyl sites for hydroxylation is 1. The van der Waals surface area contributed by atoms with Crippen molar-refractivity contribution < 1.29 is 9.15 Å². The summed E-state index contributed by atoms with van der Waals surface area (Å²) in [6.07, 6.45) is 0.721. The van der Waals surface area contributed by atoms with Crippen LogP contribution >= 0.6 is 0 Å². The minimum atomic E-state index is -0.0909. The van der Waals surface area contributed by atoms with E-state index in [0.29, 0.717) is 28.8 Å². The summed E-state index contributed by atoms with van der Waals surface area (Å²) >= 11 is 0. The lowest BCUT2D eigenvalue weighted by molar-refractivity contribution is 0.439. The second kappa shape index (κ2) is 7.49. The van der Waals surface area contributed by atoms with Gasteiger partial charge in [0.25, 0.3) is 0 Å². The Labute approximate surface area is 146 Å². The van der Waals surface area contributed by atoms with Crippen molar-refractivity contribution in [3.05, 3.63) is 65.9 Å². The van der Waals surface area contributed by atoms with Gasteiger partial charge in [0.2, 0.25) is 11.8 Å². The Morgan fingerprint density at radius 3 is 2.64 bits per heavy atom. The molecule has 1 N–H and O–H groups in total. The Morgan fingerprint density at radius 2 is 1.96 bits per heavy atom. The number of anilines is 1. The van der Waals surface area contributed by atoms with Crippen LogP contribution in [-0.4, -0.2) is 10.2 Å². The van der Waals surface area contributed by atoms with Crippen molar-refractivity contribution in [2.24, 2.45) is 0 Å². The minimum Gasteiger partial charge on any atom is -0.457 e. The van der Waals surface area contributed by atoms with E-state index in [-0.39, 0.29) is 6.04 Å². The second-order valence-corrected chi connectivity index (χ2v) is 5.52. The molecule has 6 nitrogen and oxygen atoms in total. The zero-order valence-electron chi connectivity index (χ0n) is 14.1. The average molecular weight is 334 g/mol. The highest BCUT2D eigenvalue weighted by molar-refractivity contribution is 5.48. The number of benzene rings is 2. The largest absolute Gasteiger partial charge is 0.457 e. The molecule has 25 heavy (non-hydrogen) atoms. The first-order chi connectivity index (χ1) is 12.2. The minimum absolute atomic E-state index is 0.0909. The van der Waals surface area contributed by atoms with Crippen LogP contribution in [0, 0.1) is 11.3 Å². The number of nitrogens with one attached hydrogen (secondary N) is 1. The number of hydrogen-bond donors (Lipinski definition) is 1. The lowest BCUT2D eigenvalue weighted by Crippen LogP contribution is -2.06. The molecule has 0 aliphatic carbocycles. The standard InChI is InChI=1S/C19H18N4O2/c1-3-18-22-23-19(25-18)13(2)21-15-7-9-16(10-8-15)24-17-6-4-5-14(11-17)12-20/h4-11,13,21H,3H2,1-2H3. The van der Waals surface area contributed by atoms with Crippen LogP contribution in [-0.2, 0) is 6.42 Å². The fraction of sp³-hybridized carbons (Fsp3) is 0.211. The van der Waals surface area contributed by atoms with Crippen molar-refractivity contribution in [1.82, 2.24) is 10.2 Å². The maximum Gasteiger partial charge on any atom is 0.238 e. The molecular weight excluding hydrogens is 316 g/mol. The quantitative estimate of drug-likeness (QED) is 0.716. The fourth-order valence-corrected chi connectivity index (χ4v) is 2.28. The number of nitrogens with zero attached hydrogens (tertiary/aromatic N) is 3. The number of hydrogen-bond acceptors (Lipinski definition) is 6. The molecular formula is C19H18N4O2. The normalized spacial score (nSPS) is 11.6. The van der Waals surface area contributed by atoms with E-state index >= 15 is 0 Å². The van der Waals surface area contributed by atoms with Gasteiger partial charge < -0.3 is 14.5 Å². The van der Waals surface area contributed by atoms with Crippen LogP contribution in [0.3, 0.4) is 0 Å². The van der Waals surface area contributed by atoms with E-state index in [4.69, 9.17) is 14.4 Å². The van der Waals surface area contributed by atoms with Crippen LogP contribution in [0.15, 0.2) is 52.9 Å². The summed E-state index contributed by atoms with van der Waals surface area (Å²) in [7, 11) is 0. The zero-order valence-corrected chi connectivity index (χ0v) is 14.1. The molecule has 1 heterocycles. The Hall–Kier alpha value is -3.33. The van der Waals surface area contributed by atoms with E-state index in [0.717, 1.165) is 12.1 Å². The molecule has 0 saturated carbocycles. The summed E-state index contributed by atoms with van der Waals surface area (Å²) in [4.78, 5) is 0. The molecule has 0 aliphatic heterocycles. The Morgan fingerprint density at radius 1 is 1.16 bits per heavy atom. The third-order valence-electron chi connectivity index (χ3n) is 3.59. The van der Waals surface area contributed by atoms with Gasteiger partial charge in [-0.2, -0.15) is 5.26 Å². The molecule has 0 amide bonds. The number of rotatable bonds is 6. The number of nitriles is 1. The van der Waals surface area contributed by atoms with Crippen molar-refractivity contribution in [2.45, 2.75) is 26.3 Å². The van der Waals surface area contributed by atoms with Crippen molar-refractivity contribution in [2.75, 3.05) is 5.32 Å². The Bertz CT molecular complexity index is 881. The lowest BCUT2D eigenvalue weighted by atomic mass is 10.2. The van der Waals surface area contributed by atoms with Crippen molar-refractivity contribution in [3.63, 3.8) is 0 Å². The predicted molar refractivity (Wildman–Crippen MR) is 93.4 cm³/mol. The molecule has 2 aromatic carbocycles. The molecule has 1 atom stereocenters. The highest BCUT2D eigenvalue weighted by Crippen LogP contribution is 2.25. The molecule has 0 spiro atoms. The first-order valence-corrected chi connectivity index (χ1v) is 8.05. The number of ether oxygens (including phenoxy) is 1. The van der Waals surface area contributed by atoms with Gasteiger partial charge >= 0.3 is 0 Å². The summed E-state index contributed by atoms with van der Waals surface area (Å²) in [6, 6.07) is 16.6. The third kappa shape index (κ3) is 4.15. The van der Waals surface area contributed by atoms with Gasteiger partial charge in [-0.15, -0.1) is 10.2 Å². The molecule has 0 saturated heterocycles. The van der Waals surface area contributed by atoms with E-state index in [9.17, 15) is 0 Å². The third-order valence-corrected chi connectivity index (χ3v) is 3.59. The van der Waals surface area contributed by atoms with Gasteiger partial charge in [0, 0.05) is 12.1 Å². The van der Waals surface area contributed by atoms with Crippen LogP contribution < -0.4 is 10.1 Å². The van der Waals surface area contributed by atoms with E-state index in [1.165, 1.54) is 0 Å². The summed E-state index contributed by atoms with van der Waals surface area (Å²) < 4.78 is 11.3.